The Morgan fingerprint density at radius 2 is 2.00 bits per heavy atom. The summed E-state index contributed by atoms with van der Waals surface area (Å²) in [6.45, 7) is 2.93. The van der Waals surface area contributed by atoms with E-state index in [0.29, 0.717) is 23.8 Å². The van der Waals surface area contributed by atoms with Gasteiger partial charge < -0.3 is 10.2 Å². The summed E-state index contributed by atoms with van der Waals surface area (Å²) in [6.07, 6.45) is 2.66. The van der Waals surface area contributed by atoms with Gasteiger partial charge in [0.15, 0.2) is 0 Å². The lowest BCUT2D eigenvalue weighted by molar-refractivity contribution is 0.580. The van der Waals surface area contributed by atoms with Crippen LogP contribution in [0.3, 0.4) is 0 Å². The number of piperazine rings is 1. The molecular formula is C9H13ClN4O2S. The number of aromatic nitrogens is 1. The maximum atomic E-state index is 11.5. The smallest absolute Gasteiger partial charge is 0.241 e. The maximum absolute atomic E-state index is 11.5. The van der Waals surface area contributed by atoms with Gasteiger partial charge in [-0.3, -0.25) is 4.98 Å². The molecule has 6 nitrogen and oxygen atoms in total. The lowest BCUT2D eigenvalue weighted by atomic mass is 10.3. The second-order valence-electron chi connectivity index (χ2n) is 3.75. The Hall–Kier alpha value is -0.890. The molecule has 1 aliphatic rings. The Balaban J connectivity index is 2.50. The summed E-state index contributed by atoms with van der Waals surface area (Å²) in [7, 11) is -3.81. The first-order valence-electron chi connectivity index (χ1n) is 5.12. The number of nitrogens with two attached hydrogens (primary N) is 1. The molecule has 0 atom stereocenters. The first-order chi connectivity index (χ1) is 8.00. The summed E-state index contributed by atoms with van der Waals surface area (Å²) in [4.78, 5) is 5.65. The number of pyridine rings is 1. The molecule has 8 heteroatoms. The molecule has 0 aliphatic carbocycles. The van der Waals surface area contributed by atoms with Gasteiger partial charge in [-0.05, 0) is 0 Å². The van der Waals surface area contributed by atoms with E-state index in [1.807, 2.05) is 4.90 Å². The topological polar surface area (TPSA) is 88.3 Å². The zero-order chi connectivity index (χ0) is 12.5. The summed E-state index contributed by atoms with van der Waals surface area (Å²) in [5.41, 5.74) is 0.450. The molecule has 2 rings (SSSR count). The largest absolute Gasteiger partial charge is 0.367 e. The molecule has 0 saturated carbocycles. The third-order valence-corrected chi connectivity index (χ3v) is 3.77. The molecule has 1 aromatic heterocycles. The van der Waals surface area contributed by atoms with Crippen molar-refractivity contribution in [3.05, 3.63) is 17.4 Å². The molecule has 1 saturated heterocycles. The van der Waals surface area contributed by atoms with Crippen molar-refractivity contribution in [1.29, 1.82) is 0 Å². The first-order valence-corrected chi connectivity index (χ1v) is 7.04. The Bertz CT molecular complexity index is 514. The van der Waals surface area contributed by atoms with Gasteiger partial charge in [0.1, 0.15) is 4.90 Å². The molecule has 94 valence electrons. The van der Waals surface area contributed by atoms with Gasteiger partial charge in [0.2, 0.25) is 10.0 Å². The summed E-state index contributed by atoms with van der Waals surface area (Å²) in [5.74, 6) is 0. The minimum atomic E-state index is -3.81. The zero-order valence-electron chi connectivity index (χ0n) is 9.06. The van der Waals surface area contributed by atoms with Crippen LogP contribution < -0.4 is 15.4 Å². The van der Waals surface area contributed by atoms with E-state index in [2.05, 4.69) is 10.3 Å². The maximum Gasteiger partial charge on any atom is 0.241 e. The van der Waals surface area contributed by atoms with E-state index in [0.717, 1.165) is 13.1 Å². The van der Waals surface area contributed by atoms with Gasteiger partial charge in [0.05, 0.1) is 10.7 Å². The van der Waals surface area contributed by atoms with E-state index in [1.165, 1.54) is 12.4 Å². The number of primary sulfonamides is 1. The molecule has 0 amide bonds. The number of hydrogen-bond donors (Lipinski definition) is 2. The van der Waals surface area contributed by atoms with Crippen LogP contribution in [0, 0.1) is 0 Å². The average Bonchev–Trinajstić information content (AvgIpc) is 2.28. The Kier molecular flexibility index (Phi) is 3.53. The van der Waals surface area contributed by atoms with E-state index < -0.39 is 10.0 Å². The van der Waals surface area contributed by atoms with Gasteiger partial charge in [-0.25, -0.2) is 13.6 Å². The van der Waals surface area contributed by atoms with Gasteiger partial charge in [-0.1, -0.05) is 11.6 Å². The van der Waals surface area contributed by atoms with Gasteiger partial charge in [-0.2, -0.15) is 0 Å². The number of halogens is 1. The number of nitrogens with one attached hydrogen (secondary N) is 1. The minimum absolute atomic E-state index is 0.0214. The van der Waals surface area contributed by atoms with Gasteiger partial charge in [0.25, 0.3) is 0 Å². The van der Waals surface area contributed by atoms with Crippen molar-refractivity contribution < 1.29 is 8.42 Å². The molecule has 0 aromatic carbocycles. The molecule has 1 aliphatic heterocycles. The molecule has 1 fully saturated rings. The Morgan fingerprint density at radius 1 is 1.35 bits per heavy atom. The fourth-order valence-electron chi connectivity index (χ4n) is 1.81. The summed E-state index contributed by atoms with van der Waals surface area (Å²) in [5, 5.41) is 8.65. The van der Waals surface area contributed by atoms with Crippen LogP contribution in [-0.2, 0) is 10.0 Å². The second kappa shape index (κ2) is 4.77. The number of rotatable bonds is 2. The van der Waals surface area contributed by atoms with Crippen LogP contribution in [-0.4, -0.2) is 39.6 Å². The molecule has 0 bridgehead atoms. The highest BCUT2D eigenvalue weighted by atomic mass is 35.5. The predicted octanol–water partition coefficient (Wildman–Crippen LogP) is -0.208. The van der Waals surface area contributed by atoms with Crippen molar-refractivity contribution in [2.45, 2.75) is 4.90 Å². The van der Waals surface area contributed by atoms with Gasteiger partial charge in [-0.15, -0.1) is 0 Å². The third kappa shape index (κ3) is 2.68. The molecule has 1 aromatic rings. The second-order valence-corrected chi connectivity index (χ2v) is 5.69. The monoisotopic (exact) mass is 276 g/mol. The van der Waals surface area contributed by atoms with Crippen LogP contribution in [0.2, 0.25) is 5.02 Å². The van der Waals surface area contributed by atoms with Crippen LogP contribution in [0.4, 0.5) is 5.69 Å². The molecule has 2 heterocycles. The van der Waals surface area contributed by atoms with E-state index >= 15 is 0 Å². The fraction of sp³-hybridized carbons (Fsp3) is 0.444. The van der Waals surface area contributed by atoms with Crippen molar-refractivity contribution in [2.75, 3.05) is 31.1 Å². The molecule has 3 N–H and O–H groups in total. The number of hydrogen-bond acceptors (Lipinski definition) is 5. The SMILES string of the molecule is NS(=O)(=O)c1cncc(Cl)c1N1CCNCC1. The molecular weight excluding hydrogens is 264 g/mol. The van der Waals surface area contributed by atoms with Crippen LogP contribution in [0.25, 0.3) is 0 Å². The highest BCUT2D eigenvalue weighted by Gasteiger charge is 2.23. The lowest BCUT2D eigenvalue weighted by Gasteiger charge is -2.31. The molecule has 0 unspecified atom stereocenters. The standard InChI is InChI=1S/C9H13ClN4O2S/c10-7-5-13-6-8(17(11,15)16)9(7)14-3-1-12-2-4-14/h5-6,12H,1-4H2,(H2,11,15,16). The van der Waals surface area contributed by atoms with E-state index in [4.69, 9.17) is 16.7 Å². The fourth-order valence-corrected chi connectivity index (χ4v) is 2.86. The number of sulfonamides is 1. The molecule has 0 spiro atoms. The number of nitrogens with zero attached hydrogens (tertiary/aromatic N) is 2. The predicted molar refractivity (Wildman–Crippen MR) is 65.7 cm³/mol. The third-order valence-electron chi connectivity index (χ3n) is 2.58. The average molecular weight is 277 g/mol. The summed E-state index contributed by atoms with van der Waals surface area (Å²) < 4.78 is 23.0. The van der Waals surface area contributed by atoms with Crippen molar-refractivity contribution >= 4 is 27.3 Å². The van der Waals surface area contributed by atoms with Crippen LogP contribution in [0.15, 0.2) is 17.3 Å². The Labute approximate surface area is 105 Å². The van der Waals surface area contributed by atoms with Gasteiger partial charge in [0, 0.05) is 38.6 Å². The van der Waals surface area contributed by atoms with Crippen molar-refractivity contribution in [2.24, 2.45) is 5.14 Å². The molecule has 0 radical (unpaired) electrons. The lowest BCUT2D eigenvalue weighted by Crippen LogP contribution is -2.44. The van der Waals surface area contributed by atoms with Crippen molar-refractivity contribution in [1.82, 2.24) is 10.3 Å². The minimum Gasteiger partial charge on any atom is -0.367 e. The van der Waals surface area contributed by atoms with Crippen molar-refractivity contribution in [3.8, 4) is 0 Å². The Morgan fingerprint density at radius 3 is 2.59 bits per heavy atom. The van der Waals surface area contributed by atoms with Gasteiger partial charge >= 0.3 is 0 Å². The zero-order valence-corrected chi connectivity index (χ0v) is 10.6. The van der Waals surface area contributed by atoms with Crippen LogP contribution in [0.1, 0.15) is 0 Å². The van der Waals surface area contributed by atoms with Crippen LogP contribution >= 0.6 is 11.6 Å². The summed E-state index contributed by atoms with van der Waals surface area (Å²) in [6, 6.07) is 0. The van der Waals surface area contributed by atoms with Crippen LogP contribution in [0.5, 0.6) is 0 Å². The quantitative estimate of drug-likeness (QED) is 0.780. The molecule has 17 heavy (non-hydrogen) atoms. The van der Waals surface area contributed by atoms with E-state index in [1.54, 1.807) is 0 Å². The summed E-state index contributed by atoms with van der Waals surface area (Å²) >= 11 is 6.02. The highest BCUT2D eigenvalue weighted by Crippen LogP contribution is 2.31. The highest BCUT2D eigenvalue weighted by molar-refractivity contribution is 7.89. The number of anilines is 1. The van der Waals surface area contributed by atoms with E-state index in [9.17, 15) is 8.42 Å². The van der Waals surface area contributed by atoms with E-state index in [-0.39, 0.29) is 4.90 Å². The normalized spacial score (nSPS) is 17.2. The first kappa shape index (κ1) is 12.6. The van der Waals surface area contributed by atoms with Crippen molar-refractivity contribution in [3.63, 3.8) is 0 Å².